The second kappa shape index (κ2) is 13.1. The number of rotatable bonds is 12. The van der Waals surface area contributed by atoms with E-state index in [1.165, 1.54) is 50.6 Å². The first kappa shape index (κ1) is 28.8. The summed E-state index contributed by atoms with van der Waals surface area (Å²) in [5, 5.41) is -0.122. The Labute approximate surface area is 220 Å². The van der Waals surface area contributed by atoms with Crippen molar-refractivity contribution in [2.45, 2.75) is 37.3 Å². The van der Waals surface area contributed by atoms with Gasteiger partial charge in [-0.25, -0.2) is 14.3 Å². The number of hydrogen-bond acceptors (Lipinski definition) is 9. The van der Waals surface area contributed by atoms with Gasteiger partial charge in [-0.15, -0.1) is 0 Å². The van der Waals surface area contributed by atoms with Crippen molar-refractivity contribution in [3.05, 3.63) is 36.2 Å². The van der Waals surface area contributed by atoms with Crippen molar-refractivity contribution in [2.75, 3.05) is 34.4 Å². The standard InChI is InChI=1S/C24H28F2N4O7S/c1-5-36-20(31)7-6-12-29(2)24(32)30-18-9-8-15(37-22(25)26)13-16(18)28-23(30)38(33)14-17-21(35-4)19(34-3)10-11-27-17/h8-11,13,22H,5-7,12,14H2,1-4H3. The molecule has 38 heavy (non-hydrogen) atoms. The third kappa shape index (κ3) is 6.73. The SMILES string of the molecule is CCOC(=O)CCCN(C)C(=O)n1c(S(=O)Cc2nccc(OC)c2OC)nc2cc(OC(F)F)ccc21. The Kier molecular flexibility index (Phi) is 9.93. The molecule has 3 aromatic rings. The third-order valence-electron chi connectivity index (χ3n) is 5.36. The number of halogens is 2. The molecule has 1 atom stereocenters. The highest BCUT2D eigenvalue weighted by atomic mass is 32.2. The van der Waals surface area contributed by atoms with E-state index in [0.29, 0.717) is 17.9 Å². The van der Waals surface area contributed by atoms with Crippen LogP contribution in [-0.2, 0) is 26.1 Å². The normalized spacial score (nSPS) is 11.9. The molecule has 0 aliphatic carbocycles. The van der Waals surface area contributed by atoms with Crippen LogP contribution in [0.15, 0.2) is 35.6 Å². The Morgan fingerprint density at radius 1 is 1.18 bits per heavy atom. The molecule has 0 aliphatic rings. The number of benzene rings is 1. The highest BCUT2D eigenvalue weighted by Crippen LogP contribution is 2.31. The average Bonchev–Trinajstić information content (AvgIpc) is 3.26. The second-order valence-corrected chi connectivity index (χ2v) is 9.20. The maximum absolute atomic E-state index is 13.5. The molecule has 0 fully saturated rings. The topological polar surface area (TPSA) is 122 Å². The van der Waals surface area contributed by atoms with Gasteiger partial charge in [0.05, 0.1) is 54.1 Å². The van der Waals surface area contributed by atoms with Gasteiger partial charge in [0.25, 0.3) is 0 Å². The summed E-state index contributed by atoms with van der Waals surface area (Å²) in [5.41, 5.74) is 0.675. The number of carbonyl (C=O) groups is 2. The van der Waals surface area contributed by atoms with Crippen LogP contribution >= 0.6 is 0 Å². The third-order valence-corrected chi connectivity index (χ3v) is 6.57. The summed E-state index contributed by atoms with van der Waals surface area (Å²) in [6.07, 6.45) is 1.92. The molecule has 0 bridgehead atoms. The van der Waals surface area contributed by atoms with E-state index >= 15 is 0 Å². The fourth-order valence-corrected chi connectivity index (χ4v) is 4.82. The zero-order valence-electron chi connectivity index (χ0n) is 21.3. The maximum Gasteiger partial charge on any atom is 0.387 e. The molecule has 0 saturated heterocycles. The Morgan fingerprint density at radius 2 is 1.95 bits per heavy atom. The fourth-order valence-electron chi connectivity index (χ4n) is 3.65. The predicted molar refractivity (Wildman–Crippen MR) is 133 cm³/mol. The predicted octanol–water partition coefficient (Wildman–Crippen LogP) is 3.60. The first-order valence-electron chi connectivity index (χ1n) is 11.5. The summed E-state index contributed by atoms with van der Waals surface area (Å²) >= 11 is 0. The summed E-state index contributed by atoms with van der Waals surface area (Å²) in [7, 11) is 2.46. The van der Waals surface area contributed by atoms with E-state index in [4.69, 9.17) is 14.2 Å². The Hall–Kier alpha value is -3.81. The lowest BCUT2D eigenvalue weighted by Gasteiger charge is -2.19. The number of methoxy groups -OCH3 is 2. The number of fused-ring (bicyclic) bond motifs is 1. The molecule has 1 aromatic carbocycles. The van der Waals surface area contributed by atoms with Gasteiger partial charge >= 0.3 is 18.6 Å². The lowest BCUT2D eigenvalue weighted by atomic mass is 10.3. The van der Waals surface area contributed by atoms with Gasteiger partial charge in [-0.2, -0.15) is 8.78 Å². The van der Waals surface area contributed by atoms with Crippen LogP contribution in [0.25, 0.3) is 11.0 Å². The largest absolute Gasteiger partial charge is 0.493 e. The molecule has 11 nitrogen and oxygen atoms in total. The average molecular weight is 555 g/mol. The Balaban J connectivity index is 1.97. The molecule has 0 saturated carbocycles. The van der Waals surface area contributed by atoms with Gasteiger partial charge in [0.15, 0.2) is 11.5 Å². The van der Waals surface area contributed by atoms with Crippen LogP contribution in [-0.4, -0.2) is 76.7 Å². The van der Waals surface area contributed by atoms with E-state index in [0.717, 1.165) is 4.57 Å². The first-order valence-corrected chi connectivity index (χ1v) is 12.8. The lowest BCUT2D eigenvalue weighted by Crippen LogP contribution is -2.33. The first-order chi connectivity index (χ1) is 18.2. The van der Waals surface area contributed by atoms with Crippen molar-refractivity contribution in [3.8, 4) is 17.2 Å². The monoisotopic (exact) mass is 554 g/mol. The maximum atomic E-state index is 13.5. The minimum Gasteiger partial charge on any atom is -0.493 e. The Bertz CT molecular complexity index is 1320. The van der Waals surface area contributed by atoms with Crippen molar-refractivity contribution in [1.82, 2.24) is 19.4 Å². The highest BCUT2D eigenvalue weighted by molar-refractivity contribution is 7.84. The number of nitrogens with zero attached hydrogens (tertiary/aromatic N) is 4. The van der Waals surface area contributed by atoms with E-state index in [2.05, 4.69) is 14.7 Å². The number of ether oxygens (including phenoxy) is 4. The molecule has 2 heterocycles. The second-order valence-electron chi connectivity index (χ2n) is 7.85. The van der Waals surface area contributed by atoms with E-state index in [1.54, 1.807) is 13.0 Å². The Morgan fingerprint density at radius 3 is 2.61 bits per heavy atom. The van der Waals surface area contributed by atoms with Crippen molar-refractivity contribution in [3.63, 3.8) is 0 Å². The molecule has 206 valence electrons. The van der Waals surface area contributed by atoms with Crippen LogP contribution < -0.4 is 14.2 Å². The van der Waals surface area contributed by atoms with Gasteiger partial charge in [-0.3, -0.25) is 14.0 Å². The number of alkyl halides is 2. The number of pyridine rings is 1. The van der Waals surface area contributed by atoms with E-state index < -0.39 is 23.4 Å². The minimum absolute atomic E-state index is 0.116. The quantitative estimate of drug-likeness (QED) is 0.309. The number of aromatic nitrogens is 3. The number of amides is 1. The molecule has 0 radical (unpaired) electrons. The van der Waals surface area contributed by atoms with Crippen molar-refractivity contribution >= 4 is 33.8 Å². The zero-order chi connectivity index (χ0) is 27.8. The molecule has 0 aliphatic heterocycles. The van der Waals surface area contributed by atoms with Crippen LogP contribution in [0, 0.1) is 0 Å². The number of esters is 1. The summed E-state index contributed by atoms with van der Waals surface area (Å²) in [6.45, 7) is -0.898. The molecule has 1 amide bonds. The van der Waals surface area contributed by atoms with Crippen LogP contribution in [0.5, 0.6) is 17.2 Å². The van der Waals surface area contributed by atoms with E-state index in [9.17, 15) is 22.6 Å². The van der Waals surface area contributed by atoms with Crippen LogP contribution in [0.3, 0.4) is 0 Å². The van der Waals surface area contributed by atoms with Crippen LogP contribution in [0.4, 0.5) is 13.6 Å². The molecule has 0 spiro atoms. The van der Waals surface area contributed by atoms with Gasteiger partial charge in [0, 0.05) is 38.3 Å². The van der Waals surface area contributed by atoms with E-state index in [1.807, 2.05) is 0 Å². The summed E-state index contributed by atoms with van der Waals surface area (Å²) in [4.78, 5) is 35.0. The minimum atomic E-state index is -3.05. The molecule has 3 rings (SSSR count). The summed E-state index contributed by atoms with van der Waals surface area (Å²) < 4.78 is 60.2. The van der Waals surface area contributed by atoms with Gasteiger partial charge in [0.1, 0.15) is 5.75 Å². The highest BCUT2D eigenvalue weighted by Gasteiger charge is 2.26. The van der Waals surface area contributed by atoms with Crippen molar-refractivity contribution in [2.24, 2.45) is 0 Å². The molecular formula is C24H28F2N4O7S. The smallest absolute Gasteiger partial charge is 0.387 e. The number of imidazole rings is 1. The molecular weight excluding hydrogens is 526 g/mol. The molecule has 0 N–H and O–H groups in total. The van der Waals surface area contributed by atoms with E-state index in [-0.39, 0.29) is 59.0 Å². The molecule has 1 unspecified atom stereocenters. The van der Waals surface area contributed by atoms with Gasteiger partial charge < -0.3 is 23.8 Å². The van der Waals surface area contributed by atoms with Gasteiger partial charge in [-0.1, -0.05) is 0 Å². The van der Waals surface area contributed by atoms with Crippen molar-refractivity contribution < 1.29 is 41.5 Å². The number of carbonyl (C=O) groups excluding carboxylic acids is 2. The lowest BCUT2D eigenvalue weighted by molar-refractivity contribution is -0.143. The summed E-state index contributed by atoms with van der Waals surface area (Å²) in [5.74, 6) is -0.0603. The van der Waals surface area contributed by atoms with Gasteiger partial charge in [0.2, 0.25) is 5.16 Å². The molecule has 14 heteroatoms. The fraction of sp³-hybridized carbons (Fsp3) is 0.417. The summed E-state index contributed by atoms with van der Waals surface area (Å²) in [6, 6.07) is 4.89. The van der Waals surface area contributed by atoms with Crippen LogP contribution in [0.1, 0.15) is 25.5 Å². The molecule has 2 aromatic heterocycles. The zero-order valence-corrected chi connectivity index (χ0v) is 22.1. The van der Waals surface area contributed by atoms with Crippen LogP contribution in [0.2, 0.25) is 0 Å². The van der Waals surface area contributed by atoms with Crippen molar-refractivity contribution in [1.29, 1.82) is 0 Å². The van der Waals surface area contributed by atoms with Gasteiger partial charge in [-0.05, 0) is 25.5 Å². The number of hydrogen-bond donors (Lipinski definition) is 0.